The summed E-state index contributed by atoms with van der Waals surface area (Å²) >= 11 is 7.08. The van der Waals surface area contributed by atoms with Crippen LogP contribution < -0.4 is 3.93 Å². The molecule has 4 heteroatoms. The molecule has 0 fully saturated rings. The van der Waals surface area contributed by atoms with E-state index in [4.69, 9.17) is 0 Å². The zero-order valence-corrected chi connectivity index (χ0v) is 11.5. The van der Waals surface area contributed by atoms with Crippen molar-refractivity contribution < 1.29 is 0 Å². The second kappa shape index (κ2) is 3.86. The predicted molar refractivity (Wildman–Crippen MR) is 76.1 cm³/mol. The van der Waals surface area contributed by atoms with Crippen molar-refractivity contribution in [3.8, 4) is 0 Å². The van der Waals surface area contributed by atoms with Gasteiger partial charge >= 0.3 is 0 Å². The molecular weight excluding hydrogens is 332 g/mol. The van der Waals surface area contributed by atoms with E-state index in [1.807, 2.05) is 22.3 Å². The number of halogens is 2. The maximum atomic E-state index is 4.50. The molecule has 3 rings (SSSR count). The first-order chi connectivity index (χ1) is 7.77. The summed E-state index contributed by atoms with van der Waals surface area (Å²) in [4.78, 5) is 4.50. The molecule has 0 saturated carbocycles. The number of hydrogen-bond acceptors (Lipinski definition) is 2. The van der Waals surface area contributed by atoms with E-state index in [1.54, 1.807) is 0 Å². The van der Waals surface area contributed by atoms with Gasteiger partial charge < -0.3 is 3.93 Å². The second-order valence-corrected chi connectivity index (χ2v) is 5.34. The SMILES string of the molecule is Brc1cccc2c3c(ccc12)N(Br)CC=N3. The summed E-state index contributed by atoms with van der Waals surface area (Å²) in [5.41, 5.74) is 2.15. The van der Waals surface area contributed by atoms with Crippen LogP contribution in [0.3, 0.4) is 0 Å². The molecule has 0 aliphatic carbocycles. The Labute approximate surface area is 110 Å². The highest BCUT2D eigenvalue weighted by molar-refractivity contribution is 9.10. The average molecular weight is 340 g/mol. The number of aliphatic imine (C=N–C) groups is 1. The molecule has 2 aromatic carbocycles. The van der Waals surface area contributed by atoms with Gasteiger partial charge in [0.2, 0.25) is 0 Å². The highest BCUT2D eigenvalue weighted by Gasteiger charge is 2.15. The molecule has 2 nitrogen and oxygen atoms in total. The van der Waals surface area contributed by atoms with Gasteiger partial charge in [-0.2, -0.15) is 0 Å². The number of rotatable bonds is 0. The number of nitrogens with zero attached hydrogens (tertiary/aromatic N) is 2. The number of benzene rings is 2. The van der Waals surface area contributed by atoms with Crippen LogP contribution in [0.4, 0.5) is 11.4 Å². The van der Waals surface area contributed by atoms with Crippen molar-refractivity contribution >= 4 is 60.4 Å². The average Bonchev–Trinajstić information content (AvgIpc) is 2.30. The van der Waals surface area contributed by atoms with Gasteiger partial charge in [0, 0.05) is 16.1 Å². The molecule has 0 N–H and O–H groups in total. The summed E-state index contributed by atoms with van der Waals surface area (Å²) in [6, 6.07) is 10.4. The quantitative estimate of drug-likeness (QED) is 0.648. The maximum Gasteiger partial charge on any atom is 0.0946 e. The summed E-state index contributed by atoms with van der Waals surface area (Å²) in [5, 5.41) is 2.37. The summed E-state index contributed by atoms with van der Waals surface area (Å²) in [6.07, 6.45) is 1.91. The van der Waals surface area contributed by atoms with Crippen molar-refractivity contribution in [2.45, 2.75) is 0 Å². The van der Waals surface area contributed by atoms with Gasteiger partial charge in [-0.1, -0.05) is 34.1 Å². The molecule has 0 unspecified atom stereocenters. The highest BCUT2D eigenvalue weighted by atomic mass is 79.9. The van der Waals surface area contributed by atoms with E-state index >= 15 is 0 Å². The number of hydrogen-bond donors (Lipinski definition) is 0. The molecular formula is C12H8Br2N2. The van der Waals surface area contributed by atoms with Gasteiger partial charge in [-0.15, -0.1) is 0 Å². The summed E-state index contributed by atoms with van der Waals surface area (Å²) in [6.45, 7) is 0.798. The third kappa shape index (κ3) is 1.48. The molecule has 0 amide bonds. The van der Waals surface area contributed by atoms with Crippen LogP contribution in [0.2, 0.25) is 0 Å². The zero-order chi connectivity index (χ0) is 11.1. The molecule has 1 aliphatic rings. The molecule has 2 aromatic rings. The molecule has 0 bridgehead atoms. The van der Waals surface area contributed by atoms with Gasteiger partial charge in [0.05, 0.1) is 34.1 Å². The largest absolute Gasteiger partial charge is 0.301 e. The van der Waals surface area contributed by atoms with Gasteiger partial charge in [-0.05, 0) is 17.5 Å². The summed E-state index contributed by atoms with van der Waals surface area (Å²) in [7, 11) is 0. The van der Waals surface area contributed by atoms with Gasteiger partial charge in [-0.25, -0.2) is 0 Å². The topological polar surface area (TPSA) is 15.6 Å². The molecule has 0 radical (unpaired) electrons. The lowest BCUT2D eigenvalue weighted by Crippen LogP contribution is -2.15. The smallest absolute Gasteiger partial charge is 0.0946 e. The van der Waals surface area contributed by atoms with E-state index in [9.17, 15) is 0 Å². The predicted octanol–water partition coefficient (Wildman–Crippen LogP) is 4.43. The fraction of sp³-hybridized carbons (Fsp3) is 0.0833. The Hall–Kier alpha value is -0.870. The third-order valence-corrected chi connectivity index (χ3v) is 4.05. The molecule has 0 aromatic heterocycles. The van der Waals surface area contributed by atoms with Crippen LogP contribution in [0, 0.1) is 0 Å². The fourth-order valence-corrected chi connectivity index (χ4v) is 2.84. The third-order valence-electron chi connectivity index (χ3n) is 2.68. The van der Waals surface area contributed by atoms with Crippen LogP contribution in [0.25, 0.3) is 10.8 Å². The van der Waals surface area contributed by atoms with Crippen LogP contribution >= 0.6 is 32.1 Å². The lowest BCUT2D eigenvalue weighted by atomic mass is 10.1. The first-order valence-electron chi connectivity index (χ1n) is 4.94. The highest BCUT2D eigenvalue weighted by Crippen LogP contribution is 2.40. The van der Waals surface area contributed by atoms with E-state index in [0.29, 0.717) is 0 Å². The minimum atomic E-state index is 0.798. The maximum absolute atomic E-state index is 4.50. The Kier molecular flexibility index (Phi) is 2.48. The molecule has 0 saturated heterocycles. The second-order valence-electron chi connectivity index (χ2n) is 3.62. The van der Waals surface area contributed by atoms with Crippen LogP contribution in [0.15, 0.2) is 39.8 Å². The Morgan fingerprint density at radius 1 is 1.12 bits per heavy atom. The first-order valence-corrected chi connectivity index (χ1v) is 6.44. The number of anilines is 1. The van der Waals surface area contributed by atoms with Crippen molar-refractivity contribution in [3.63, 3.8) is 0 Å². The Morgan fingerprint density at radius 2 is 2.00 bits per heavy atom. The molecule has 1 heterocycles. The lowest BCUT2D eigenvalue weighted by Gasteiger charge is -2.21. The molecule has 80 valence electrons. The Morgan fingerprint density at radius 3 is 2.88 bits per heavy atom. The standard InChI is InChI=1S/C12H8Br2N2/c13-10-3-1-2-9-8(10)4-5-11-12(9)15-6-7-16(11)14/h1-6H,7H2. The van der Waals surface area contributed by atoms with Crippen molar-refractivity contribution in [1.29, 1.82) is 0 Å². The van der Waals surface area contributed by atoms with Gasteiger partial charge in [0.15, 0.2) is 0 Å². The lowest BCUT2D eigenvalue weighted by molar-refractivity contribution is 1.25. The Balaban J connectivity index is 2.41. The monoisotopic (exact) mass is 338 g/mol. The van der Waals surface area contributed by atoms with Crippen LogP contribution in [0.1, 0.15) is 0 Å². The minimum absolute atomic E-state index is 0.798. The van der Waals surface area contributed by atoms with Gasteiger partial charge in [0.25, 0.3) is 0 Å². The molecule has 0 spiro atoms. The molecule has 0 atom stereocenters. The van der Waals surface area contributed by atoms with Crippen LogP contribution in [0.5, 0.6) is 0 Å². The summed E-state index contributed by atoms with van der Waals surface area (Å²) < 4.78 is 3.13. The van der Waals surface area contributed by atoms with Crippen LogP contribution in [-0.4, -0.2) is 12.8 Å². The van der Waals surface area contributed by atoms with Crippen molar-refractivity contribution in [2.75, 3.05) is 10.5 Å². The normalized spacial score (nSPS) is 14.2. The van der Waals surface area contributed by atoms with Gasteiger partial charge in [-0.3, -0.25) is 4.99 Å². The van der Waals surface area contributed by atoms with E-state index in [-0.39, 0.29) is 0 Å². The van der Waals surface area contributed by atoms with Crippen molar-refractivity contribution in [1.82, 2.24) is 0 Å². The van der Waals surface area contributed by atoms with Crippen molar-refractivity contribution in [2.24, 2.45) is 4.99 Å². The van der Waals surface area contributed by atoms with Crippen molar-refractivity contribution in [3.05, 3.63) is 34.8 Å². The van der Waals surface area contributed by atoms with E-state index in [0.717, 1.165) is 22.4 Å². The van der Waals surface area contributed by atoms with E-state index in [2.05, 4.69) is 55.3 Å². The molecule has 16 heavy (non-hydrogen) atoms. The first kappa shape index (κ1) is 10.3. The van der Waals surface area contributed by atoms with Gasteiger partial charge in [0.1, 0.15) is 0 Å². The van der Waals surface area contributed by atoms with Crippen LogP contribution in [-0.2, 0) is 0 Å². The summed E-state index contributed by atoms with van der Waals surface area (Å²) in [5.74, 6) is 0. The van der Waals surface area contributed by atoms with E-state index in [1.165, 1.54) is 10.8 Å². The minimum Gasteiger partial charge on any atom is -0.301 e. The van der Waals surface area contributed by atoms with E-state index < -0.39 is 0 Å². The molecule has 1 aliphatic heterocycles. The zero-order valence-electron chi connectivity index (χ0n) is 8.32. The Bertz CT molecular complexity index is 593. The fourth-order valence-electron chi connectivity index (χ4n) is 1.93. The number of fused-ring (bicyclic) bond motifs is 3.